The van der Waals surface area contributed by atoms with Crippen molar-refractivity contribution in [2.75, 3.05) is 0 Å². The smallest absolute Gasteiger partial charge is 0.277 e. The summed E-state index contributed by atoms with van der Waals surface area (Å²) in [5.74, 6) is 0.883. The summed E-state index contributed by atoms with van der Waals surface area (Å²) in [4.78, 5) is 17.7. The summed E-state index contributed by atoms with van der Waals surface area (Å²) in [6.45, 7) is 2.18. The molecule has 6 aromatic rings. The second kappa shape index (κ2) is 7.56. The molecule has 6 rings (SSSR count). The van der Waals surface area contributed by atoms with Crippen LogP contribution in [0.4, 0.5) is 0 Å². The van der Waals surface area contributed by atoms with Crippen LogP contribution in [0, 0.1) is 6.92 Å². The Labute approximate surface area is 188 Å². The quantitative estimate of drug-likeness (QED) is 0.402. The third kappa shape index (κ3) is 3.30. The summed E-state index contributed by atoms with van der Waals surface area (Å²) in [6.07, 6.45) is 3.46. The van der Waals surface area contributed by atoms with Gasteiger partial charge in [0.25, 0.3) is 5.56 Å². The number of rotatable bonds is 4. The molecule has 0 N–H and O–H groups in total. The van der Waals surface area contributed by atoms with E-state index in [4.69, 9.17) is 4.52 Å². The van der Waals surface area contributed by atoms with Gasteiger partial charge in [0.1, 0.15) is 12.1 Å². The highest BCUT2D eigenvalue weighted by Crippen LogP contribution is 2.28. The molecule has 0 aliphatic rings. The van der Waals surface area contributed by atoms with Crippen molar-refractivity contribution in [3.63, 3.8) is 0 Å². The van der Waals surface area contributed by atoms with Crippen LogP contribution in [0.25, 0.3) is 38.9 Å². The highest BCUT2D eigenvalue weighted by atomic mass is 16.5. The van der Waals surface area contributed by atoms with Gasteiger partial charge in [-0.05, 0) is 29.3 Å². The van der Waals surface area contributed by atoms with E-state index < -0.39 is 0 Å². The third-order valence-electron chi connectivity index (χ3n) is 5.83. The summed E-state index contributed by atoms with van der Waals surface area (Å²) in [6, 6.07) is 23.9. The predicted octanol–water partition coefficient (Wildman–Crippen LogP) is 4.72. The molecule has 0 saturated carbocycles. The van der Waals surface area contributed by atoms with E-state index in [2.05, 4.69) is 33.4 Å². The largest absolute Gasteiger partial charge is 0.337 e. The van der Waals surface area contributed by atoms with Gasteiger partial charge in [-0.25, -0.2) is 4.52 Å². The molecule has 7 heteroatoms. The number of aromatic nitrogens is 5. The molecule has 0 saturated heterocycles. The second-order valence-corrected chi connectivity index (χ2v) is 7.94. The third-order valence-corrected chi connectivity index (χ3v) is 5.83. The average molecular weight is 433 g/mol. The van der Waals surface area contributed by atoms with Crippen molar-refractivity contribution in [2.24, 2.45) is 0 Å². The minimum absolute atomic E-state index is 0.174. The molecule has 0 radical (unpaired) electrons. The highest BCUT2D eigenvalue weighted by molar-refractivity contribution is 5.96. The molecule has 3 aromatic heterocycles. The number of benzene rings is 3. The molecule has 3 aromatic carbocycles. The predicted molar refractivity (Wildman–Crippen MR) is 126 cm³/mol. The van der Waals surface area contributed by atoms with E-state index in [0.717, 1.165) is 33.2 Å². The van der Waals surface area contributed by atoms with Crippen molar-refractivity contribution in [1.29, 1.82) is 0 Å². The molecule has 160 valence electrons. The molecular formula is C26H19N5O2. The molecule has 0 fully saturated rings. The molecule has 0 aliphatic heterocycles. The first-order valence-corrected chi connectivity index (χ1v) is 10.6. The first kappa shape index (κ1) is 19.2. The number of hydrogen-bond acceptors (Lipinski definition) is 5. The van der Waals surface area contributed by atoms with Crippen molar-refractivity contribution in [3.05, 3.63) is 107 Å². The Bertz CT molecular complexity index is 1690. The molecule has 0 aliphatic carbocycles. The molecule has 33 heavy (non-hydrogen) atoms. The van der Waals surface area contributed by atoms with Gasteiger partial charge in [0, 0.05) is 23.5 Å². The van der Waals surface area contributed by atoms with Crippen LogP contribution in [0.15, 0.2) is 94.5 Å². The van der Waals surface area contributed by atoms with E-state index >= 15 is 0 Å². The fourth-order valence-corrected chi connectivity index (χ4v) is 4.13. The normalized spacial score (nSPS) is 11.4. The average Bonchev–Trinajstić information content (AvgIpc) is 3.48. The van der Waals surface area contributed by atoms with Gasteiger partial charge < -0.3 is 9.09 Å². The fourth-order valence-electron chi connectivity index (χ4n) is 4.13. The zero-order valence-corrected chi connectivity index (χ0v) is 17.8. The zero-order chi connectivity index (χ0) is 22.4. The monoisotopic (exact) mass is 433 g/mol. The Hall–Kier alpha value is -4.52. The minimum Gasteiger partial charge on any atom is -0.337 e. The van der Waals surface area contributed by atoms with Gasteiger partial charge in [-0.1, -0.05) is 71.9 Å². The minimum atomic E-state index is -0.174. The topological polar surface area (TPSA) is 78.2 Å². The molecule has 0 unspecified atom stereocenters. The van der Waals surface area contributed by atoms with Gasteiger partial charge in [0.15, 0.2) is 0 Å². The molecule has 0 spiro atoms. The highest BCUT2D eigenvalue weighted by Gasteiger charge is 2.14. The Balaban J connectivity index is 1.37. The van der Waals surface area contributed by atoms with Gasteiger partial charge in [-0.15, -0.1) is 0 Å². The molecule has 0 bridgehead atoms. The van der Waals surface area contributed by atoms with Crippen LogP contribution in [0.2, 0.25) is 0 Å². The van der Waals surface area contributed by atoms with Gasteiger partial charge in [0.2, 0.25) is 11.7 Å². The Kier molecular flexibility index (Phi) is 4.40. The van der Waals surface area contributed by atoms with Crippen LogP contribution in [0.5, 0.6) is 0 Å². The second-order valence-electron chi connectivity index (χ2n) is 7.94. The molecule has 0 atom stereocenters. The molecule has 0 amide bonds. The number of nitrogens with zero attached hydrogens (tertiary/aromatic N) is 5. The van der Waals surface area contributed by atoms with Gasteiger partial charge in [-0.3, -0.25) is 4.79 Å². The first-order valence-electron chi connectivity index (χ1n) is 10.6. The molecule has 3 heterocycles. The van der Waals surface area contributed by atoms with Gasteiger partial charge in [0.05, 0.1) is 5.69 Å². The standard InChI is InChI=1S/C26H19N5O2/c1-17-7-2-4-10-19(17)25-27-24(33-29-25)16-30-13-14-31-23(26(30)32)15-22(28-31)21-12-6-9-18-8-3-5-11-20(18)21/h2-15H,16H2,1H3. The van der Waals surface area contributed by atoms with E-state index in [0.29, 0.717) is 17.2 Å². The summed E-state index contributed by atoms with van der Waals surface area (Å²) in [7, 11) is 0. The summed E-state index contributed by atoms with van der Waals surface area (Å²) < 4.78 is 8.59. The van der Waals surface area contributed by atoms with E-state index in [9.17, 15) is 4.79 Å². The maximum atomic E-state index is 13.2. The van der Waals surface area contributed by atoms with Crippen LogP contribution in [0.1, 0.15) is 11.5 Å². The summed E-state index contributed by atoms with van der Waals surface area (Å²) in [5.41, 5.74) is 4.02. The lowest BCUT2D eigenvalue weighted by molar-refractivity contribution is 0.370. The van der Waals surface area contributed by atoms with Crippen molar-refractivity contribution in [1.82, 2.24) is 24.3 Å². The van der Waals surface area contributed by atoms with Crippen molar-refractivity contribution in [3.8, 4) is 22.6 Å². The lowest BCUT2D eigenvalue weighted by atomic mass is 10.0. The van der Waals surface area contributed by atoms with Crippen molar-refractivity contribution < 1.29 is 4.52 Å². The lowest BCUT2D eigenvalue weighted by Crippen LogP contribution is -2.21. The van der Waals surface area contributed by atoms with Crippen molar-refractivity contribution in [2.45, 2.75) is 13.5 Å². The van der Waals surface area contributed by atoms with Crippen LogP contribution in [-0.2, 0) is 6.54 Å². The zero-order valence-electron chi connectivity index (χ0n) is 17.8. The number of fused-ring (bicyclic) bond motifs is 2. The van der Waals surface area contributed by atoms with Crippen molar-refractivity contribution >= 4 is 16.3 Å². The van der Waals surface area contributed by atoms with E-state index in [-0.39, 0.29) is 12.1 Å². The van der Waals surface area contributed by atoms with Crippen LogP contribution >= 0.6 is 0 Å². The number of aryl methyl sites for hydroxylation is 1. The maximum absolute atomic E-state index is 13.2. The Morgan fingerprint density at radius 3 is 2.61 bits per heavy atom. The fraction of sp³-hybridized carbons (Fsp3) is 0.0769. The van der Waals surface area contributed by atoms with Crippen LogP contribution in [0.3, 0.4) is 0 Å². The van der Waals surface area contributed by atoms with E-state index in [1.54, 1.807) is 21.5 Å². The summed E-state index contributed by atoms with van der Waals surface area (Å²) >= 11 is 0. The Morgan fingerprint density at radius 2 is 1.70 bits per heavy atom. The summed E-state index contributed by atoms with van der Waals surface area (Å²) in [5, 5.41) is 11.0. The van der Waals surface area contributed by atoms with Crippen LogP contribution in [-0.4, -0.2) is 24.3 Å². The molecule has 7 nitrogen and oxygen atoms in total. The van der Waals surface area contributed by atoms with Crippen LogP contribution < -0.4 is 5.56 Å². The Morgan fingerprint density at radius 1 is 0.909 bits per heavy atom. The number of hydrogen-bond donors (Lipinski definition) is 0. The maximum Gasteiger partial charge on any atom is 0.277 e. The van der Waals surface area contributed by atoms with E-state index in [1.807, 2.05) is 61.5 Å². The lowest BCUT2D eigenvalue weighted by Gasteiger charge is -2.03. The van der Waals surface area contributed by atoms with Gasteiger partial charge >= 0.3 is 0 Å². The SMILES string of the molecule is Cc1ccccc1-c1noc(Cn2ccn3nc(-c4cccc5ccccc45)cc3c2=O)n1. The van der Waals surface area contributed by atoms with E-state index in [1.165, 1.54) is 0 Å². The first-order chi connectivity index (χ1) is 16.2. The van der Waals surface area contributed by atoms with Gasteiger partial charge in [-0.2, -0.15) is 10.1 Å². The molecular weight excluding hydrogens is 414 g/mol.